The molecule has 5 heteroatoms. The zero-order valence-electron chi connectivity index (χ0n) is 10.3. The minimum Gasteiger partial charge on any atom is -0.507 e. The fraction of sp³-hybridized carbons (Fsp3) is 0.0714. The van der Waals surface area contributed by atoms with Crippen molar-refractivity contribution in [2.24, 2.45) is 7.05 Å². The third-order valence-electron chi connectivity index (χ3n) is 3.21. The van der Waals surface area contributed by atoms with Gasteiger partial charge in [0, 0.05) is 22.6 Å². The molecule has 3 rings (SSSR count). The average molecular weight is 318 g/mol. The maximum atomic E-state index is 10.2. The SMILES string of the molecule is Cn1ncc(-c2c(O)ccc3cc(Br)ccc23)c1N. The van der Waals surface area contributed by atoms with E-state index in [9.17, 15) is 5.11 Å². The van der Waals surface area contributed by atoms with Crippen molar-refractivity contribution in [3.8, 4) is 16.9 Å². The van der Waals surface area contributed by atoms with Crippen molar-refractivity contribution in [1.29, 1.82) is 0 Å². The summed E-state index contributed by atoms with van der Waals surface area (Å²) >= 11 is 3.45. The topological polar surface area (TPSA) is 64.1 Å². The van der Waals surface area contributed by atoms with Crippen LogP contribution in [0, 0.1) is 0 Å². The Morgan fingerprint density at radius 2 is 2.05 bits per heavy atom. The smallest absolute Gasteiger partial charge is 0.129 e. The van der Waals surface area contributed by atoms with Gasteiger partial charge in [0.15, 0.2) is 0 Å². The summed E-state index contributed by atoms with van der Waals surface area (Å²) in [7, 11) is 1.78. The van der Waals surface area contributed by atoms with E-state index in [1.165, 1.54) is 0 Å². The van der Waals surface area contributed by atoms with Crippen LogP contribution in [-0.2, 0) is 7.05 Å². The third kappa shape index (κ3) is 1.86. The van der Waals surface area contributed by atoms with Crippen LogP contribution in [0.15, 0.2) is 41.0 Å². The van der Waals surface area contributed by atoms with Gasteiger partial charge in [0.1, 0.15) is 11.6 Å². The highest BCUT2D eigenvalue weighted by molar-refractivity contribution is 9.10. The number of nitrogens with two attached hydrogens (primary N) is 1. The van der Waals surface area contributed by atoms with E-state index in [1.54, 1.807) is 24.0 Å². The number of nitrogens with zero attached hydrogens (tertiary/aromatic N) is 2. The number of anilines is 1. The lowest BCUT2D eigenvalue weighted by Crippen LogP contribution is -1.98. The second-order valence-electron chi connectivity index (χ2n) is 4.39. The van der Waals surface area contributed by atoms with E-state index in [4.69, 9.17) is 5.73 Å². The van der Waals surface area contributed by atoms with Crippen molar-refractivity contribution in [2.75, 3.05) is 5.73 Å². The second kappa shape index (κ2) is 4.28. The molecule has 4 nitrogen and oxygen atoms in total. The standard InChI is InChI=1S/C14H12BrN3O/c1-18-14(16)11(7-17-18)13-10-4-3-9(15)6-8(10)2-5-12(13)19/h2-7,19H,16H2,1H3. The number of aryl methyl sites for hydroxylation is 1. The predicted molar refractivity (Wildman–Crippen MR) is 79.9 cm³/mol. The highest BCUT2D eigenvalue weighted by atomic mass is 79.9. The number of benzene rings is 2. The first kappa shape index (κ1) is 12.0. The van der Waals surface area contributed by atoms with Gasteiger partial charge in [-0.3, -0.25) is 4.68 Å². The zero-order chi connectivity index (χ0) is 13.6. The molecule has 0 unspecified atom stereocenters. The molecule has 0 aliphatic carbocycles. The van der Waals surface area contributed by atoms with Crippen molar-refractivity contribution in [3.63, 3.8) is 0 Å². The minimum absolute atomic E-state index is 0.203. The number of nitrogen functional groups attached to an aromatic ring is 1. The van der Waals surface area contributed by atoms with Crippen molar-refractivity contribution in [1.82, 2.24) is 9.78 Å². The minimum atomic E-state index is 0.203. The zero-order valence-corrected chi connectivity index (χ0v) is 11.8. The first-order chi connectivity index (χ1) is 9.08. The van der Waals surface area contributed by atoms with Gasteiger partial charge in [0.05, 0.1) is 6.20 Å². The molecule has 0 aliphatic rings. The lowest BCUT2D eigenvalue weighted by molar-refractivity contribution is 0.478. The van der Waals surface area contributed by atoms with Crippen LogP contribution in [0.5, 0.6) is 5.75 Å². The largest absolute Gasteiger partial charge is 0.507 e. The maximum Gasteiger partial charge on any atom is 0.129 e. The molecule has 0 saturated carbocycles. The van der Waals surface area contributed by atoms with Gasteiger partial charge < -0.3 is 10.8 Å². The van der Waals surface area contributed by atoms with E-state index in [0.717, 1.165) is 26.4 Å². The Morgan fingerprint density at radius 1 is 1.26 bits per heavy atom. The second-order valence-corrected chi connectivity index (χ2v) is 5.31. The van der Waals surface area contributed by atoms with Gasteiger partial charge in [0.2, 0.25) is 0 Å². The van der Waals surface area contributed by atoms with E-state index in [-0.39, 0.29) is 5.75 Å². The molecule has 0 aliphatic heterocycles. The van der Waals surface area contributed by atoms with E-state index < -0.39 is 0 Å². The Hall–Kier alpha value is -2.01. The van der Waals surface area contributed by atoms with E-state index in [1.807, 2.05) is 24.3 Å². The van der Waals surface area contributed by atoms with Gasteiger partial charge in [-0.1, -0.05) is 28.1 Å². The Kier molecular flexibility index (Phi) is 2.71. The summed E-state index contributed by atoms with van der Waals surface area (Å²) < 4.78 is 2.59. The molecule has 0 bridgehead atoms. The van der Waals surface area contributed by atoms with Gasteiger partial charge in [-0.2, -0.15) is 5.10 Å². The van der Waals surface area contributed by atoms with Gasteiger partial charge in [-0.25, -0.2) is 0 Å². The molecule has 0 fully saturated rings. The van der Waals surface area contributed by atoms with Crippen molar-refractivity contribution in [3.05, 3.63) is 41.0 Å². The van der Waals surface area contributed by atoms with E-state index in [0.29, 0.717) is 5.82 Å². The van der Waals surface area contributed by atoms with Crippen LogP contribution < -0.4 is 5.73 Å². The van der Waals surface area contributed by atoms with Crippen LogP contribution in [-0.4, -0.2) is 14.9 Å². The van der Waals surface area contributed by atoms with Gasteiger partial charge in [0.25, 0.3) is 0 Å². The molecule has 3 N–H and O–H groups in total. The van der Waals surface area contributed by atoms with Gasteiger partial charge in [-0.05, 0) is 29.0 Å². The average Bonchev–Trinajstić information content (AvgIpc) is 2.71. The Balaban J connectivity index is 2.39. The summed E-state index contributed by atoms with van der Waals surface area (Å²) in [5.74, 6) is 0.736. The highest BCUT2D eigenvalue weighted by Crippen LogP contribution is 2.39. The lowest BCUT2D eigenvalue weighted by Gasteiger charge is -2.09. The monoisotopic (exact) mass is 317 g/mol. The molecule has 19 heavy (non-hydrogen) atoms. The number of aromatic nitrogens is 2. The fourth-order valence-corrected chi connectivity index (χ4v) is 2.59. The molecule has 2 aromatic carbocycles. The number of fused-ring (bicyclic) bond motifs is 1. The molecular weight excluding hydrogens is 306 g/mol. The number of phenolic OH excluding ortho intramolecular Hbond substituents is 1. The van der Waals surface area contributed by atoms with Crippen molar-refractivity contribution < 1.29 is 5.11 Å². The summed E-state index contributed by atoms with van der Waals surface area (Å²) in [5.41, 5.74) is 7.47. The molecule has 0 saturated heterocycles. The number of halogens is 1. The van der Waals surface area contributed by atoms with Crippen molar-refractivity contribution >= 4 is 32.5 Å². The number of hydrogen-bond acceptors (Lipinski definition) is 3. The molecule has 96 valence electrons. The van der Waals surface area contributed by atoms with Crippen LogP contribution in [0.2, 0.25) is 0 Å². The summed E-state index contributed by atoms with van der Waals surface area (Å²) in [5, 5.41) is 16.3. The van der Waals surface area contributed by atoms with Crippen LogP contribution in [0.3, 0.4) is 0 Å². The summed E-state index contributed by atoms with van der Waals surface area (Å²) in [6.07, 6.45) is 1.67. The van der Waals surface area contributed by atoms with E-state index in [2.05, 4.69) is 21.0 Å². The Morgan fingerprint density at radius 3 is 2.74 bits per heavy atom. The molecule has 1 aromatic heterocycles. The third-order valence-corrected chi connectivity index (χ3v) is 3.71. The van der Waals surface area contributed by atoms with Gasteiger partial charge in [-0.15, -0.1) is 0 Å². The molecule has 1 heterocycles. The van der Waals surface area contributed by atoms with Crippen LogP contribution in [0.25, 0.3) is 21.9 Å². The normalized spacial score (nSPS) is 11.1. The quantitative estimate of drug-likeness (QED) is 0.724. The predicted octanol–water partition coefficient (Wildman–Crippen LogP) is 3.29. The van der Waals surface area contributed by atoms with E-state index >= 15 is 0 Å². The molecule has 0 atom stereocenters. The first-order valence-corrected chi connectivity index (χ1v) is 6.56. The first-order valence-electron chi connectivity index (χ1n) is 5.77. The van der Waals surface area contributed by atoms with Crippen molar-refractivity contribution in [2.45, 2.75) is 0 Å². The van der Waals surface area contributed by atoms with Crippen LogP contribution >= 0.6 is 15.9 Å². The Labute approximate surface area is 118 Å². The summed E-state index contributed by atoms with van der Waals surface area (Å²) in [4.78, 5) is 0. The number of rotatable bonds is 1. The number of phenols is 1. The Bertz CT molecular complexity index is 780. The fourth-order valence-electron chi connectivity index (χ4n) is 2.21. The van der Waals surface area contributed by atoms with Crippen LogP contribution in [0.4, 0.5) is 5.82 Å². The molecular formula is C14H12BrN3O. The molecule has 0 spiro atoms. The molecule has 3 aromatic rings. The highest BCUT2D eigenvalue weighted by Gasteiger charge is 2.15. The summed E-state index contributed by atoms with van der Waals surface area (Å²) in [6.45, 7) is 0. The molecule has 0 amide bonds. The van der Waals surface area contributed by atoms with Gasteiger partial charge >= 0.3 is 0 Å². The maximum absolute atomic E-state index is 10.2. The number of aromatic hydroxyl groups is 1. The number of hydrogen-bond donors (Lipinski definition) is 2. The van der Waals surface area contributed by atoms with Crippen LogP contribution in [0.1, 0.15) is 0 Å². The summed E-state index contributed by atoms with van der Waals surface area (Å²) in [6, 6.07) is 9.46. The lowest BCUT2D eigenvalue weighted by atomic mass is 9.99. The molecule has 0 radical (unpaired) electrons.